The highest BCUT2D eigenvalue weighted by atomic mass is 32.1. The number of likely N-dealkylation sites (N-methyl/N-ethyl adjacent to an activating group) is 1. The van der Waals surface area contributed by atoms with Gasteiger partial charge in [-0.1, -0.05) is 0 Å². The van der Waals surface area contributed by atoms with Crippen molar-refractivity contribution in [1.29, 1.82) is 5.26 Å². The summed E-state index contributed by atoms with van der Waals surface area (Å²) in [5, 5.41) is 13.5. The highest BCUT2D eigenvalue weighted by Crippen LogP contribution is 2.48. The van der Waals surface area contributed by atoms with Crippen molar-refractivity contribution >= 4 is 61.2 Å². The van der Waals surface area contributed by atoms with Crippen molar-refractivity contribution < 1.29 is 42.1 Å². The number of piperazine rings is 2. The summed E-state index contributed by atoms with van der Waals surface area (Å²) in [6.45, 7) is 15.9. The van der Waals surface area contributed by atoms with Crippen molar-refractivity contribution in [1.82, 2.24) is 29.7 Å². The maximum Gasteiger partial charge on any atom is 0.412 e. The molecule has 2 atom stereocenters. The van der Waals surface area contributed by atoms with Crippen molar-refractivity contribution in [2.24, 2.45) is 0 Å². The maximum atomic E-state index is 17.8. The number of aromatic nitrogens is 3. The van der Waals surface area contributed by atoms with Crippen LogP contribution in [0.25, 0.3) is 32.2 Å². The molecule has 3 fully saturated rings. The number of nitrogens with zero attached hydrogens (tertiary/aromatic N) is 8. The van der Waals surface area contributed by atoms with E-state index >= 15 is 8.78 Å². The van der Waals surface area contributed by atoms with Gasteiger partial charge in [0.2, 0.25) is 5.91 Å². The number of anilines is 2. The van der Waals surface area contributed by atoms with E-state index in [0.29, 0.717) is 61.6 Å². The van der Waals surface area contributed by atoms with Crippen LogP contribution < -0.4 is 15.0 Å². The van der Waals surface area contributed by atoms with Crippen LogP contribution in [-0.2, 0) is 32.2 Å². The fourth-order valence-electron chi connectivity index (χ4n) is 8.61. The number of amides is 3. The summed E-state index contributed by atoms with van der Waals surface area (Å²) < 4.78 is 56.7. The molecule has 0 saturated carbocycles. The molecule has 3 saturated heterocycles. The average Bonchev–Trinajstić information content (AvgIpc) is 3.88. The number of ether oxygens (including phenoxy) is 4. The number of thiophene rings is 1. The minimum atomic E-state index is -0.849. The number of likely N-dealkylation sites (tertiary alicyclic amines) is 1. The number of benzene rings is 1. The Morgan fingerprint density at radius 1 is 1.02 bits per heavy atom. The second-order valence-corrected chi connectivity index (χ2v) is 18.7. The fourth-order valence-corrected chi connectivity index (χ4v) is 9.65. The zero-order valence-corrected chi connectivity index (χ0v) is 36.1. The molecule has 8 rings (SSSR count). The summed E-state index contributed by atoms with van der Waals surface area (Å²) in [6, 6.07) is 1.62. The first-order valence-electron chi connectivity index (χ1n) is 20.5. The van der Waals surface area contributed by atoms with Crippen LogP contribution in [0.2, 0.25) is 0 Å². The van der Waals surface area contributed by atoms with Gasteiger partial charge in [-0.3, -0.25) is 20.0 Å². The van der Waals surface area contributed by atoms with Crippen LogP contribution in [0.15, 0.2) is 6.20 Å². The molecule has 3 amide bonds. The highest BCUT2D eigenvalue weighted by molar-refractivity contribution is 7.23. The first kappa shape index (κ1) is 42.2. The van der Waals surface area contributed by atoms with E-state index in [1.165, 1.54) is 0 Å². The van der Waals surface area contributed by atoms with E-state index < -0.39 is 35.0 Å². The van der Waals surface area contributed by atoms with Crippen LogP contribution in [0, 0.1) is 23.0 Å². The number of nitriles is 1. The van der Waals surface area contributed by atoms with Crippen LogP contribution >= 0.6 is 11.3 Å². The van der Waals surface area contributed by atoms with Gasteiger partial charge in [0.15, 0.2) is 11.6 Å². The Kier molecular flexibility index (Phi) is 11.2. The summed E-state index contributed by atoms with van der Waals surface area (Å²) in [6.07, 6.45) is 1.20. The Hall–Kier alpha value is -5.45. The number of carbonyl (C=O) groups excluding carboxylic acids is 3. The maximum absolute atomic E-state index is 17.8. The lowest BCUT2D eigenvalue weighted by Crippen LogP contribution is -2.56. The Balaban J connectivity index is 1.24. The second kappa shape index (κ2) is 16.1. The predicted octanol–water partition coefficient (Wildman–Crippen LogP) is 6.56. The largest absolute Gasteiger partial charge is 0.462 e. The number of halogens is 2. The van der Waals surface area contributed by atoms with E-state index in [4.69, 9.17) is 23.9 Å². The summed E-state index contributed by atoms with van der Waals surface area (Å²) in [4.78, 5) is 60.4. The molecule has 16 nitrogen and oxygen atoms in total. The molecule has 1 N–H and O–H groups in total. The molecule has 3 aromatic heterocycles. The van der Waals surface area contributed by atoms with E-state index in [-0.39, 0.29) is 87.8 Å². The molecule has 4 aromatic rings. The number of fused-ring (bicyclic) bond motifs is 6. The quantitative estimate of drug-likeness (QED) is 0.202. The summed E-state index contributed by atoms with van der Waals surface area (Å²) in [7, 11) is 0. The van der Waals surface area contributed by atoms with E-state index in [1.54, 1.807) is 30.6 Å². The van der Waals surface area contributed by atoms with Gasteiger partial charge in [0.05, 0.1) is 47.3 Å². The van der Waals surface area contributed by atoms with Crippen LogP contribution in [0.1, 0.15) is 78.0 Å². The third-order valence-electron chi connectivity index (χ3n) is 11.2. The van der Waals surface area contributed by atoms with E-state index in [1.807, 2.05) is 32.6 Å². The standard InChI is InChI=1S/C42H49F2N9O7S/c1-8-51-12-11-50(19-28(51)54)13-14-58-38-47-34-31(36(48-38)53-22-9-10-23(53)18-52(17-22)40(56)60-42(5,6)7)26-21-57-20-25(26)29(32(34)44)33-30-24(15-45)37(49-39(55)59-41(2,3)4)61-35(30)27(43)16-46-33/h16,22-23H,8-14,17-21H2,1-7H3,(H,49,55). The first-order valence-corrected chi connectivity index (χ1v) is 21.3. The van der Waals surface area contributed by atoms with E-state index in [9.17, 15) is 19.6 Å². The summed E-state index contributed by atoms with van der Waals surface area (Å²) in [5.74, 6) is -1.09. The Bertz CT molecular complexity index is 2470. The van der Waals surface area contributed by atoms with Gasteiger partial charge in [-0.05, 0) is 72.4 Å². The Morgan fingerprint density at radius 3 is 2.38 bits per heavy atom. The van der Waals surface area contributed by atoms with Crippen molar-refractivity contribution in [2.75, 3.05) is 62.6 Å². The number of nitrogens with one attached hydrogen (secondary N) is 1. The lowest BCUT2D eigenvalue weighted by molar-refractivity contribution is -0.135. The molecule has 2 bridgehead atoms. The third kappa shape index (κ3) is 8.20. The number of hydrogen-bond donors (Lipinski definition) is 1. The SMILES string of the molecule is CCN1CCN(CCOc2nc(N3C4CCC3CN(C(=O)OC(C)(C)C)C4)c3c4c(c(-c5ncc(F)c6sc(NC(=O)OC(C)(C)C)c(C#N)c56)c(F)c3n2)COC4)CC1=O. The zero-order valence-electron chi connectivity index (χ0n) is 35.3. The molecule has 324 valence electrons. The summed E-state index contributed by atoms with van der Waals surface area (Å²) in [5.41, 5.74) is -0.711. The number of rotatable bonds is 8. The van der Waals surface area contributed by atoms with Gasteiger partial charge in [0, 0.05) is 62.3 Å². The van der Waals surface area contributed by atoms with Crippen LogP contribution in [0.3, 0.4) is 0 Å². The van der Waals surface area contributed by atoms with Crippen LogP contribution in [0.5, 0.6) is 6.01 Å². The van der Waals surface area contributed by atoms with Crippen molar-refractivity contribution in [3.63, 3.8) is 0 Å². The van der Waals surface area contributed by atoms with Crippen molar-refractivity contribution in [3.05, 3.63) is 34.5 Å². The van der Waals surface area contributed by atoms with Gasteiger partial charge in [-0.2, -0.15) is 15.2 Å². The van der Waals surface area contributed by atoms with Gasteiger partial charge < -0.3 is 33.6 Å². The molecule has 1 aromatic carbocycles. The molecule has 0 aliphatic carbocycles. The third-order valence-corrected chi connectivity index (χ3v) is 12.3. The van der Waals surface area contributed by atoms with Gasteiger partial charge in [0.25, 0.3) is 0 Å². The minimum Gasteiger partial charge on any atom is -0.462 e. The van der Waals surface area contributed by atoms with Gasteiger partial charge in [0.1, 0.15) is 40.2 Å². The fraction of sp³-hybridized carbons (Fsp3) is 0.548. The zero-order chi connectivity index (χ0) is 43.5. The van der Waals surface area contributed by atoms with Gasteiger partial charge in [-0.25, -0.2) is 18.4 Å². The molecule has 19 heteroatoms. The molecule has 0 spiro atoms. The highest BCUT2D eigenvalue weighted by Gasteiger charge is 2.45. The molecule has 61 heavy (non-hydrogen) atoms. The van der Waals surface area contributed by atoms with Gasteiger partial charge in [-0.15, -0.1) is 11.3 Å². The smallest absolute Gasteiger partial charge is 0.412 e. The lowest BCUT2D eigenvalue weighted by atomic mass is 9.93. The Morgan fingerprint density at radius 2 is 1.72 bits per heavy atom. The Labute approximate surface area is 355 Å². The lowest BCUT2D eigenvalue weighted by Gasteiger charge is -2.42. The molecule has 7 heterocycles. The van der Waals surface area contributed by atoms with Crippen molar-refractivity contribution in [3.8, 4) is 23.3 Å². The van der Waals surface area contributed by atoms with Gasteiger partial charge >= 0.3 is 18.2 Å². The predicted molar refractivity (Wildman–Crippen MR) is 222 cm³/mol. The molecule has 4 aliphatic rings. The normalized spacial score (nSPS) is 19.4. The van der Waals surface area contributed by atoms with E-state index in [0.717, 1.165) is 30.4 Å². The molecule has 4 aliphatic heterocycles. The van der Waals surface area contributed by atoms with Crippen molar-refractivity contribution in [2.45, 2.75) is 97.8 Å². The molecular weight excluding hydrogens is 813 g/mol. The molecular formula is C42H49F2N9O7S. The number of carbonyl (C=O) groups is 3. The number of hydrogen-bond acceptors (Lipinski definition) is 14. The topological polar surface area (TPSA) is 176 Å². The number of pyridine rings is 1. The second-order valence-electron chi connectivity index (χ2n) is 17.7. The minimum absolute atomic E-state index is 0.00939. The first-order chi connectivity index (χ1) is 28.9. The van der Waals surface area contributed by atoms with Crippen LogP contribution in [0.4, 0.5) is 29.2 Å². The molecule has 0 radical (unpaired) electrons. The molecule has 2 unspecified atom stereocenters. The van der Waals surface area contributed by atoms with Crippen LogP contribution in [-0.4, -0.2) is 123 Å². The monoisotopic (exact) mass is 861 g/mol. The average molecular weight is 862 g/mol. The summed E-state index contributed by atoms with van der Waals surface area (Å²) >= 11 is 0.819. The van der Waals surface area contributed by atoms with E-state index in [2.05, 4.69) is 26.3 Å².